The molecule has 30 heavy (non-hydrogen) atoms. The highest BCUT2D eigenvalue weighted by molar-refractivity contribution is 6.35. The highest BCUT2D eigenvalue weighted by Crippen LogP contribution is 2.23. The molecule has 162 valence electrons. The van der Waals surface area contributed by atoms with Crippen LogP contribution >= 0.6 is 23.2 Å². The fourth-order valence-electron chi connectivity index (χ4n) is 2.84. The smallest absolute Gasteiger partial charge is 0.261 e. The molecule has 0 aliphatic carbocycles. The maximum absolute atomic E-state index is 13.0. The summed E-state index contributed by atoms with van der Waals surface area (Å²) in [7, 11) is 0. The van der Waals surface area contributed by atoms with Crippen LogP contribution in [0.5, 0.6) is 5.75 Å². The maximum Gasteiger partial charge on any atom is 0.261 e. The van der Waals surface area contributed by atoms with Gasteiger partial charge in [0.2, 0.25) is 5.91 Å². The number of nitrogens with one attached hydrogen (secondary N) is 1. The van der Waals surface area contributed by atoms with E-state index in [2.05, 4.69) is 5.32 Å². The molecule has 2 rings (SSSR count). The van der Waals surface area contributed by atoms with E-state index in [1.807, 2.05) is 39.0 Å². The maximum atomic E-state index is 13.0. The van der Waals surface area contributed by atoms with Crippen LogP contribution in [0.15, 0.2) is 36.4 Å². The highest BCUT2D eigenvalue weighted by atomic mass is 35.5. The van der Waals surface area contributed by atoms with E-state index in [-0.39, 0.29) is 25.0 Å². The molecule has 1 N–H and O–H groups in total. The van der Waals surface area contributed by atoms with Gasteiger partial charge in [0.25, 0.3) is 5.91 Å². The molecule has 2 amide bonds. The number of rotatable bonds is 9. The molecule has 0 bridgehead atoms. The number of aryl methyl sites for hydroxylation is 2. The molecular weight excluding hydrogens is 423 g/mol. The second-order valence-electron chi connectivity index (χ2n) is 7.26. The lowest BCUT2D eigenvalue weighted by Crippen LogP contribution is -2.49. The van der Waals surface area contributed by atoms with Gasteiger partial charge in [0.15, 0.2) is 6.61 Å². The van der Waals surface area contributed by atoms with Gasteiger partial charge in [-0.05, 0) is 68.1 Å². The minimum Gasteiger partial charge on any atom is -0.484 e. The SMILES string of the molecule is CCCNC(=O)[C@H](C)N(Cc1ccc(Cl)cc1Cl)C(=O)COc1ccc(C)c(C)c1. The number of benzene rings is 2. The van der Waals surface area contributed by atoms with Crippen LogP contribution in [0.3, 0.4) is 0 Å². The van der Waals surface area contributed by atoms with Crippen molar-refractivity contribution in [2.75, 3.05) is 13.2 Å². The summed E-state index contributed by atoms with van der Waals surface area (Å²) in [6.45, 7) is 8.20. The minimum atomic E-state index is -0.681. The summed E-state index contributed by atoms with van der Waals surface area (Å²) in [6, 6.07) is 10.1. The fraction of sp³-hybridized carbons (Fsp3) is 0.391. The zero-order chi connectivity index (χ0) is 22.3. The van der Waals surface area contributed by atoms with Crippen LogP contribution in [-0.4, -0.2) is 35.9 Å². The molecule has 0 saturated heterocycles. The van der Waals surface area contributed by atoms with Crippen molar-refractivity contribution in [1.82, 2.24) is 10.2 Å². The molecule has 0 radical (unpaired) electrons. The average molecular weight is 451 g/mol. The molecule has 0 aromatic heterocycles. The topological polar surface area (TPSA) is 58.6 Å². The molecule has 5 nitrogen and oxygen atoms in total. The third-order valence-corrected chi connectivity index (χ3v) is 5.50. The van der Waals surface area contributed by atoms with Crippen LogP contribution in [0.1, 0.15) is 37.0 Å². The quantitative estimate of drug-likeness (QED) is 0.588. The second kappa shape index (κ2) is 11.2. The Hall–Kier alpha value is -2.24. The van der Waals surface area contributed by atoms with Crippen molar-refractivity contribution >= 4 is 35.0 Å². The summed E-state index contributed by atoms with van der Waals surface area (Å²) in [5.41, 5.74) is 2.93. The van der Waals surface area contributed by atoms with Crippen LogP contribution in [0, 0.1) is 13.8 Å². The molecule has 0 heterocycles. The van der Waals surface area contributed by atoms with Crippen LogP contribution in [0.2, 0.25) is 10.0 Å². The molecule has 1 atom stereocenters. The number of hydrogen-bond donors (Lipinski definition) is 1. The molecular formula is C23H28Cl2N2O3. The van der Waals surface area contributed by atoms with E-state index in [0.29, 0.717) is 27.9 Å². The summed E-state index contributed by atoms with van der Waals surface area (Å²) >= 11 is 12.3. The van der Waals surface area contributed by atoms with E-state index >= 15 is 0 Å². The highest BCUT2D eigenvalue weighted by Gasteiger charge is 2.27. The zero-order valence-electron chi connectivity index (χ0n) is 17.8. The van der Waals surface area contributed by atoms with E-state index in [9.17, 15) is 9.59 Å². The predicted molar refractivity (Wildman–Crippen MR) is 121 cm³/mol. The molecule has 0 spiro atoms. The molecule has 0 unspecified atom stereocenters. The largest absolute Gasteiger partial charge is 0.484 e. The summed E-state index contributed by atoms with van der Waals surface area (Å²) in [4.78, 5) is 27.0. The van der Waals surface area contributed by atoms with Crippen molar-refractivity contribution in [3.63, 3.8) is 0 Å². The normalized spacial score (nSPS) is 11.7. The van der Waals surface area contributed by atoms with Gasteiger partial charge in [-0.3, -0.25) is 9.59 Å². The Morgan fingerprint density at radius 2 is 1.83 bits per heavy atom. The number of halogens is 2. The number of carbonyl (C=O) groups is 2. The molecule has 2 aromatic carbocycles. The van der Waals surface area contributed by atoms with Crippen LogP contribution in [0.4, 0.5) is 0 Å². The first-order chi connectivity index (χ1) is 14.2. The molecule has 0 aliphatic heterocycles. The van der Waals surface area contributed by atoms with Crippen molar-refractivity contribution < 1.29 is 14.3 Å². The Kier molecular flexibility index (Phi) is 9.00. The summed E-state index contributed by atoms with van der Waals surface area (Å²) < 4.78 is 5.71. The Morgan fingerprint density at radius 3 is 2.47 bits per heavy atom. The monoisotopic (exact) mass is 450 g/mol. The first-order valence-electron chi connectivity index (χ1n) is 9.94. The van der Waals surface area contributed by atoms with E-state index in [0.717, 1.165) is 17.5 Å². The fourth-order valence-corrected chi connectivity index (χ4v) is 3.31. The van der Waals surface area contributed by atoms with Gasteiger partial charge < -0.3 is 15.0 Å². The van der Waals surface area contributed by atoms with Gasteiger partial charge in [-0.1, -0.05) is 42.3 Å². The van der Waals surface area contributed by atoms with Crippen molar-refractivity contribution in [2.45, 2.75) is 46.7 Å². The summed E-state index contributed by atoms with van der Waals surface area (Å²) in [5, 5.41) is 3.79. The average Bonchev–Trinajstić information content (AvgIpc) is 2.71. The van der Waals surface area contributed by atoms with Gasteiger partial charge in [-0.2, -0.15) is 0 Å². The Morgan fingerprint density at radius 1 is 1.10 bits per heavy atom. The summed E-state index contributed by atoms with van der Waals surface area (Å²) in [5.74, 6) is 0.0823. The number of amides is 2. The molecule has 7 heteroatoms. The lowest BCUT2D eigenvalue weighted by atomic mass is 10.1. The van der Waals surface area contributed by atoms with Gasteiger partial charge in [0, 0.05) is 23.1 Å². The lowest BCUT2D eigenvalue weighted by Gasteiger charge is -2.29. The van der Waals surface area contributed by atoms with Crippen LogP contribution < -0.4 is 10.1 Å². The van der Waals surface area contributed by atoms with Gasteiger partial charge in [-0.25, -0.2) is 0 Å². The van der Waals surface area contributed by atoms with Gasteiger partial charge >= 0.3 is 0 Å². The van der Waals surface area contributed by atoms with E-state index in [1.54, 1.807) is 25.1 Å². The summed E-state index contributed by atoms with van der Waals surface area (Å²) in [6.07, 6.45) is 0.811. The number of nitrogens with zero attached hydrogens (tertiary/aromatic N) is 1. The number of ether oxygens (including phenoxy) is 1. The van der Waals surface area contributed by atoms with Gasteiger partial charge in [0.05, 0.1) is 0 Å². The molecule has 2 aromatic rings. The van der Waals surface area contributed by atoms with Crippen LogP contribution in [0.25, 0.3) is 0 Å². The van der Waals surface area contributed by atoms with Crippen molar-refractivity contribution in [3.8, 4) is 5.75 Å². The lowest BCUT2D eigenvalue weighted by molar-refractivity contribution is -0.142. The third-order valence-electron chi connectivity index (χ3n) is 4.91. The van der Waals surface area contributed by atoms with Crippen LogP contribution in [-0.2, 0) is 16.1 Å². The first kappa shape index (κ1) is 24.0. The zero-order valence-corrected chi connectivity index (χ0v) is 19.3. The molecule has 0 saturated carbocycles. The Bertz CT molecular complexity index is 902. The van der Waals surface area contributed by atoms with Crippen molar-refractivity contribution in [1.29, 1.82) is 0 Å². The molecule has 0 fully saturated rings. The number of carbonyl (C=O) groups excluding carboxylic acids is 2. The van der Waals surface area contributed by atoms with Crippen molar-refractivity contribution in [2.24, 2.45) is 0 Å². The predicted octanol–water partition coefficient (Wildman–Crippen LogP) is 4.93. The second-order valence-corrected chi connectivity index (χ2v) is 8.10. The van der Waals surface area contributed by atoms with Crippen molar-refractivity contribution in [3.05, 3.63) is 63.1 Å². The van der Waals surface area contributed by atoms with Gasteiger partial charge in [-0.15, -0.1) is 0 Å². The third kappa shape index (κ3) is 6.64. The Labute approximate surface area is 188 Å². The number of hydrogen-bond acceptors (Lipinski definition) is 3. The standard InChI is InChI=1S/C23H28Cl2N2O3/c1-5-10-26-23(29)17(4)27(13-18-7-8-19(24)12-21(18)25)22(28)14-30-20-9-6-15(2)16(3)11-20/h6-9,11-12,17H,5,10,13-14H2,1-4H3,(H,26,29)/t17-/m0/s1. The Balaban J connectivity index is 2.18. The van der Waals surface area contributed by atoms with E-state index < -0.39 is 6.04 Å². The van der Waals surface area contributed by atoms with Gasteiger partial charge in [0.1, 0.15) is 11.8 Å². The minimum absolute atomic E-state index is 0.172. The van der Waals surface area contributed by atoms with E-state index in [1.165, 1.54) is 4.90 Å². The molecule has 0 aliphatic rings. The first-order valence-corrected chi connectivity index (χ1v) is 10.7. The van der Waals surface area contributed by atoms with E-state index in [4.69, 9.17) is 27.9 Å².